The third kappa shape index (κ3) is 5.56. The molecule has 0 aliphatic carbocycles. The molecule has 1 aromatic heterocycles. The van der Waals surface area contributed by atoms with Gasteiger partial charge in [0.1, 0.15) is 5.82 Å². The molecule has 2 unspecified atom stereocenters. The van der Waals surface area contributed by atoms with Crippen molar-refractivity contribution in [2.45, 2.75) is 32.2 Å². The Balaban J connectivity index is 1.14. The normalized spacial score (nSPS) is 18.8. The molecule has 5 rings (SSSR count). The number of benzene rings is 2. The summed E-state index contributed by atoms with van der Waals surface area (Å²) in [6, 6.07) is 16.0. The second-order valence-corrected chi connectivity index (χ2v) is 9.88. The highest BCUT2D eigenvalue weighted by Crippen LogP contribution is 2.26. The maximum atomic E-state index is 12.7. The Kier molecular flexibility index (Phi) is 7.05. The number of aromatic nitrogens is 1. The van der Waals surface area contributed by atoms with Gasteiger partial charge in [0, 0.05) is 47.8 Å². The summed E-state index contributed by atoms with van der Waals surface area (Å²) in [6.45, 7) is 4.78. The van der Waals surface area contributed by atoms with Gasteiger partial charge in [-0.05, 0) is 87.5 Å². The molecule has 9 nitrogen and oxygen atoms in total. The number of carbonyl (C=O) groups is 3. The van der Waals surface area contributed by atoms with Crippen molar-refractivity contribution < 1.29 is 14.4 Å². The predicted octanol–water partition coefficient (Wildman–Crippen LogP) is 3.02. The first-order valence-electron chi connectivity index (χ1n) is 12.8. The number of likely N-dealkylation sites (tertiary alicyclic amines) is 1. The van der Waals surface area contributed by atoms with Gasteiger partial charge in [-0.15, -0.1) is 0 Å². The Hall–Kier alpha value is -3.98. The maximum absolute atomic E-state index is 12.7. The van der Waals surface area contributed by atoms with Crippen LogP contribution in [0.15, 0.2) is 54.6 Å². The monoisotopic (exact) mass is 500 g/mol. The molecule has 2 fully saturated rings. The molecule has 0 bridgehead atoms. The van der Waals surface area contributed by atoms with Crippen LogP contribution in [0.5, 0.6) is 0 Å². The Morgan fingerprint density at radius 1 is 1.08 bits per heavy atom. The van der Waals surface area contributed by atoms with Crippen LogP contribution < -0.4 is 21.3 Å². The molecular formula is C28H32N6O3. The molecule has 37 heavy (non-hydrogen) atoms. The SMILES string of the molecule is CC(C(=O)Nc1ccc(N2CC(CNC(=O)c3ccc4nc(N)ccc4c3)CC2=O)cc1)N1CCCC1. The van der Waals surface area contributed by atoms with E-state index < -0.39 is 0 Å². The van der Waals surface area contributed by atoms with E-state index in [1.54, 1.807) is 29.2 Å². The summed E-state index contributed by atoms with van der Waals surface area (Å²) in [7, 11) is 0. The van der Waals surface area contributed by atoms with Crippen LogP contribution in [-0.2, 0) is 9.59 Å². The third-order valence-electron chi connectivity index (χ3n) is 7.24. The fourth-order valence-corrected chi connectivity index (χ4v) is 5.06. The summed E-state index contributed by atoms with van der Waals surface area (Å²) in [5.41, 5.74) is 8.49. The number of fused-ring (bicyclic) bond motifs is 1. The molecule has 2 aromatic carbocycles. The topological polar surface area (TPSA) is 121 Å². The molecule has 9 heteroatoms. The molecule has 0 radical (unpaired) electrons. The summed E-state index contributed by atoms with van der Waals surface area (Å²) in [5, 5.41) is 6.78. The van der Waals surface area contributed by atoms with Crippen LogP contribution in [0.1, 0.15) is 36.5 Å². The van der Waals surface area contributed by atoms with Crippen molar-refractivity contribution in [1.82, 2.24) is 15.2 Å². The van der Waals surface area contributed by atoms with Gasteiger partial charge in [0.05, 0.1) is 11.6 Å². The Morgan fingerprint density at radius 3 is 2.59 bits per heavy atom. The first kappa shape index (κ1) is 24.7. The van der Waals surface area contributed by atoms with E-state index in [4.69, 9.17) is 5.73 Å². The molecule has 3 amide bonds. The van der Waals surface area contributed by atoms with Crippen LogP contribution in [0, 0.1) is 5.92 Å². The fraction of sp³-hybridized carbons (Fsp3) is 0.357. The average molecular weight is 501 g/mol. The van der Waals surface area contributed by atoms with E-state index in [9.17, 15) is 14.4 Å². The number of carbonyl (C=O) groups excluding carboxylic acids is 3. The molecule has 2 atom stereocenters. The molecule has 4 N–H and O–H groups in total. The molecule has 0 saturated carbocycles. The number of amides is 3. The van der Waals surface area contributed by atoms with Gasteiger partial charge >= 0.3 is 0 Å². The van der Waals surface area contributed by atoms with Crippen molar-refractivity contribution in [3.05, 3.63) is 60.2 Å². The minimum absolute atomic E-state index is 0.0130. The second-order valence-electron chi connectivity index (χ2n) is 9.88. The number of nitrogen functional groups attached to an aromatic ring is 1. The van der Waals surface area contributed by atoms with Crippen LogP contribution in [0.4, 0.5) is 17.2 Å². The smallest absolute Gasteiger partial charge is 0.251 e. The summed E-state index contributed by atoms with van der Waals surface area (Å²) in [4.78, 5) is 46.2. The van der Waals surface area contributed by atoms with E-state index in [2.05, 4.69) is 20.5 Å². The van der Waals surface area contributed by atoms with E-state index in [0.717, 1.165) is 42.5 Å². The van der Waals surface area contributed by atoms with Crippen molar-refractivity contribution in [3.8, 4) is 0 Å². The number of nitrogens with two attached hydrogens (primary N) is 1. The van der Waals surface area contributed by atoms with Crippen LogP contribution >= 0.6 is 0 Å². The molecule has 3 heterocycles. The fourth-order valence-electron chi connectivity index (χ4n) is 5.06. The molecule has 0 spiro atoms. The van der Waals surface area contributed by atoms with Crippen molar-refractivity contribution in [2.75, 3.05) is 42.1 Å². The molecule has 2 aliphatic rings. The van der Waals surface area contributed by atoms with Gasteiger partial charge in [0.15, 0.2) is 0 Å². The number of anilines is 3. The first-order valence-corrected chi connectivity index (χ1v) is 12.8. The van der Waals surface area contributed by atoms with Crippen LogP contribution in [-0.4, -0.2) is 59.8 Å². The lowest BCUT2D eigenvalue weighted by Gasteiger charge is -2.23. The summed E-state index contributed by atoms with van der Waals surface area (Å²) >= 11 is 0. The molecule has 3 aromatic rings. The van der Waals surface area contributed by atoms with Gasteiger partial charge in [0.2, 0.25) is 11.8 Å². The number of rotatable bonds is 7. The number of pyridine rings is 1. The molecule has 2 saturated heterocycles. The zero-order valence-corrected chi connectivity index (χ0v) is 20.9. The van der Waals surface area contributed by atoms with Gasteiger partial charge in [-0.25, -0.2) is 4.98 Å². The Bertz CT molecular complexity index is 1320. The first-order chi connectivity index (χ1) is 17.9. The van der Waals surface area contributed by atoms with Gasteiger partial charge in [0.25, 0.3) is 5.91 Å². The van der Waals surface area contributed by atoms with E-state index in [0.29, 0.717) is 36.6 Å². The summed E-state index contributed by atoms with van der Waals surface area (Å²) in [5.74, 6) is 0.265. The van der Waals surface area contributed by atoms with Crippen molar-refractivity contribution in [1.29, 1.82) is 0 Å². The second kappa shape index (κ2) is 10.6. The number of hydrogen-bond acceptors (Lipinski definition) is 6. The molecule has 192 valence electrons. The van der Waals surface area contributed by atoms with Gasteiger partial charge < -0.3 is 21.3 Å². The number of nitrogens with one attached hydrogen (secondary N) is 2. The quantitative estimate of drug-likeness (QED) is 0.459. The number of hydrogen-bond donors (Lipinski definition) is 3. The minimum Gasteiger partial charge on any atom is -0.384 e. The average Bonchev–Trinajstić information content (AvgIpc) is 3.57. The Morgan fingerprint density at radius 2 is 1.84 bits per heavy atom. The highest BCUT2D eigenvalue weighted by molar-refractivity contribution is 5.99. The van der Waals surface area contributed by atoms with Crippen molar-refractivity contribution >= 4 is 45.8 Å². The highest BCUT2D eigenvalue weighted by atomic mass is 16.2. The van der Waals surface area contributed by atoms with Crippen LogP contribution in [0.3, 0.4) is 0 Å². The lowest BCUT2D eigenvalue weighted by atomic mass is 10.1. The van der Waals surface area contributed by atoms with E-state index in [1.807, 2.05) is 37.3 Å². The number of nitrogens with zero attached hydrogens (tertiary/aromatic N) is 3. The van der Waals surface area contributed by atoms with E-state index in [1.165, 1.54) is 0 Å². The lowest BCUT2D eigenvalue weighted by Crippen LogP contribution is -2.40. The Labute approximate surface area is 216 Å². The zero-order chi connectivity index (χ0) is 25.9. The van der Waals surface area contributed by atoms with Gasteiger partial charge in [-0.2, -0.15) is 0 Å². The van der Waals surface area contributed by atoms with E-state index >= 15 is 0 Å². The highest BCUT2D eigenvalue weighted by Gasteiger charge is 2.31. The minimum atomic E-state index is -0.187. The van der Waals surface area contributed by atoms with Crippen molar-refractivity contribution in [2.24, 2.45) is 5.92 Å². The van der Waals surface area contributed by atoms with Gasteiger partial charge in [-0.3, -0.25) is 19.3 Å². The lowest BCUT2D eigenvalue weighted by molar-refractivity contribution is -0.120. The predicted molar refractivity (Wildman–Crippen MR) is 144 cm³/mol. The van der Waals surface area contributed by atoms with Crippen molar-refractivity contribution in [3.63, 3.8) is 0 Å². The largest absolute Gasteiger partial charge is 0.384 e. The third-order valence-corrected chi connectivity index (χ3v) is 7.24. The zero-order valence-electron chi connectivity index (χ0n) is 20.9. The maximum Gasteiger partial charge on any atom is 0.251 e. The van der Waals surface area contributed by atoms with Crippen LogP contribution in [0.2, 0.25) is 0 Å². The van der Waals surface area contributed by atoms with E-state index in [-0.39, 0.29) is 29.7 Å². The van der Waals surface area contributed by atoms with Gasteiger partial charge in [-0.1, -0.05) is 0 Å². The molecule has 2 aliphatic heterocycles. The standard InChI is InChI=1S/C28H32N6O3/c1-18(33-12-2-3-13-33)27(36)31-22-6-8-23(9-7-22)34-17-19(14-26(34)35)16-30-28(37)21-4-10-24-20(15-21)5-11-25(29)32-24/h4-11,15,18-19H,2-3,12-14,16-17H2,1H3,(H2,29,32)(H,30,37)(H,31,36). The summed E-state index contributed by atoms with van der Waals surface area (Å²) in [6.07, 6.45) is 2.64. The summed E-state index contributed by atoms with van der Waals surface area (Å²) < 4.78 is 0. The molecular weight excluding hydrogens is 468 g/mol. The van der Waals surface area contributed by atoms with Crippen LogP contribution in [0.25, 0.3) is 10.9 Å².